The largest absolute Gasteiger partial charge is 0.472 e. The number of ether oxygens (including phenoxy) is 3. The molecule has 5 atom stereocenters. The van der Waals surface area contributed by atoms with Crippen LogP contribution in [0.15, 0.2) is 97.2 Å². The average Bonchev–Trinajstić information content (AvgIpc) is 3.68. The Morgan fingerprint density at radius 2 is 0.584 bits per heavy atom. The summed E-state index contributed by atoms with van der Waals surface area (Å²) < 4.78 is 60.8. The molecule has 0 amide bonds. The number of phosphoric ester groups is 2. The highest BCUT2D eigenvalue weighted by Crippen LogP contribution is 2.45. The molecule has 0 fully saturated rings. The summed E-state index contributed by atoms with van der Waals surface area (Å²) in [6, 6.07) is 0. The molecule has 0 saturated carbocycles. The Morgan fingerprint density at radius 3 is 0.933 bits per heavy atom. The molecular formula is C71H124O16P2. The van der Waals surface area contributed by atoms with E-state index in [1.165, 1.54) is 70.6 Å². The van der Waals surface area contributed by atoms with Crippen LogP contribution in [0.25, 0.3) is 0 Å². The predicted molar refractivity (Wildman–Crippen MR) is 362 cm³/mol. The van der Waals surface area contributed by atoms with Crippen LogP contribution in [0.1, 0.15) is 278 Å². The van der Waals surface area contributed by atoms with Crippen LogP contribution in [-0.2, 0) is 55.8 Å². The summed E-state index contributed by atoms with van der Waals surface area (Å²) in [5, 5.41) is 20.5. The number of phosphoric acid groups is 2. The molecule has 4 N–H and O–H groups in total. The van der Waals surface area contributed by atoms with Crippen LogP contribution in [0.4, 0.5) is 0 Å². The first-order chi connectivity index (χ1) is 43.2. The fourth-order valence-corrected chi connectivity index (χ4v) is 10.5. The van der Waals surface area contributed by atoms with Crippen LogP contribution in [0, 0.1) is 0 Å². The number of aliphatic hydroxyl groups is 2. The van der Waals surface area contributed by atoms with E-state index in [-0.39, 0.29) is 19.3 Å². The normalized spacial score (nSPS) is 14.8. The van der Waals surface area contributed by atoms with Crippen LogP contribution in [0.5, 0.6) is 0 Å². The number of esters is 3. The van der Waals surface area contributed by atoms with Crippen LogP contribution in [-0.4, -0.2) is 95.9 Å². The highest BCUT2D eigenvalue weighted by atomic mass is 31.2. The van der Waals surface area contributed by atoms with Gasteiger partial charge in [-0.3, -0.25) is 32.5 Å². The fraction of sp³-hybridized carbons (Fsp3) is 0.732. The fourth-order valence-electron chi connectivity index (χ4n) is 8.92. The Bertz CT molecular complexity index is 2010. The van der Waals surface area contributed by atoms with Crippen molar-refractivity contribution in [2.24, 2.45) is 0 Å². The summed E-state index contributed by atoms with van der Waals surface area (Å²) in [7, 11) is -9.78. The molecule has 0 aromatic heterocycles. The standard InChI is InChI=1S/C71H124O16P2/c1-4-7-10-13-16-19-22-25-27-28-29-30-31-32-33-34-35-36-38-41-42-45-48-51-54-57-69(74)81-60-66(72)61-83-88(77,78)84-62-67(73)63-85-89(79,80)86-65-68(87-71(76)59-56-53-50-47-44-39-24-21-18-15-12-9-6-3)64-82-70(75)58-55-52-49-46-43-40-37-26-23-20-17-14-11-8-5-2/h12,15-17,19-21,24-27,29-30,32-33,37,66-68,72-73H,4-11,13-14,18,22-23,28,31,34-36,38-65H2,1-3H3,(H,77,78)(H,79,80)/b15-12-,19-16-,20-17-,24-21-,27-25-,30-29-,33-32-,37-26-. The second kappa shape index (κ2) is 64.6. The Balaban J connectivity index is 4.55. The van der Waals surface area contributed by atoms with E-state index in [2.05, 4.69) is 118 Å². The van der Waals surface area contributed by atoms with E-state index in [1.807, 2.05) is 0 Å². The highest BCUT2D eigenvalue weighted by Gasteiger charge is 2.29. The van der Waals surface area contributed by atoms with E-state index < -0.39 is 91.5 Å². The molecule has 0 aliphatic carbocycles. The molecule has 0 aromatic carbocycles. The van der Waals surface area contributed by atoms with E-state index in [0.29, 0.717) is 19.3 Å². The first-order valence-corrected chi connectivity index (χ1v) is 37.5. The number of carbonyl (C=O) groups is 3. The lowest BCUT2D eigenvalue weighted by atomic mass is 10.1. The van der Waals surface area contributed by atoms with Crippen molar-refractivity contribution in [2.45, 2.75) is 296 Å². The van der Waals surface area contributed by atoms with Gasteiger partial charge in [-0.1, -0.05) is 234 Å². The van der Waals surface area contributed by atoms with E-state index in [1.54, 1.807) is 0 Å². The van der Waals surface area contributed by atoms with E-state index in [0.717, 1.165) is 148 Å². The van der Waals surface area contributed by atoms with Gasteiger partial charge in [0.05, 0.1) is 26.4 Å². The maximum Gasteiger partial charge on any atom is 0.472 e. The third kappa shape index (κ3) is 65.8. The topological polar surface area (TPSA) is 231 Å². The van der Waals surface area contributed by atoms with Crippen LogP contribution in [0.2, 0.25) is 0 Å². The number of hydrogen-bond acceptors (Lipinski definition) is 14. The minimum Gasteiger partial charge on any atom is -0.463 e. The SMILES string of the molecule is CCC/C=C\C/C=C\CCCCCCCC(=O)OC(COC(=O)CCCCCCC/C=C\C/C=C\CCCCC)COP(=O)(O)OCC(O)COP(=O)(O)OCC(O)COC(=O)CCCCCCCCCCC/C=C\C/C=C\C/C=C\C/C=C\CCCCC. The summed E-state index contributed by atoms with van der Waals surface area (Å²) in [5.41, 5.74) is 0. The zero-order valence-corrected chi connectivity index (χ0v) is 57.4. The summed E-state index contributed by atoms with van der Waals surface area (Å²) in [4.78, 5) is 58.3. The number of carbonyl (C=O) groups excluding carboxylic acids is 3. The third-order valence-electron chi connectivity index (χ3n) is 14.2. The van der Waals surface area contributed by atoms with E-state index in [4.69, 9.17) is 32.3 Å². The minimum absolute atomic E-state index is 0.0846. The molecule has 0 rings (SSSR count). The highest BCUT2D eigenvalue weighted by molar-refractivity contribution is 7.47. The quantitative estimate of drug-likeness (QED) is 0.0146. The summed E-state index contributed by atoms with van der Waals surface area (Å²) in [6.07, 6.45) is 70.3. The number of rotatable bonds is 65. The predicted octanol–water partition coefficient (Wildman–Crippen LogP) is 19.1. The number of hydrogen-bond donors (Lipinski definition) is 4. The van der Waals surface area contributed by atoms with E-state index >= 15 is 0 Å². The van der Waals surface area contributed by atoms with Gasteiger partial charge in [-0.05, 0) is 122 Å². The molecule has 89 heavy (non-hydrogen) atoms. The van der Waals surface area contributed by atoms with Crippen LogP contribution >= 0.6 is 15.6 Å². The molecule has 0 aliphatic rings. The lowest BCUT2D eigenvalue weighted by Gasteiger charge is -2.21. The number of unbranched alkanes of at least 4 members (excludes halogenated alkanes) is 26. The van der Waals surface area contributed by atoms with Gasteiger partial charge in [-0.15, -0.1) is 0 Å². The van der Waals surface area contributed by atoms with Crippen molar-refractivity contribution < 1.29 is 75.8 Å². The van der Waals surface area contributed by atoms with Crippen LogP contribution < -0.4 is 0 Å². The molecule has 0 heterocycles. The monoisotopic (exact) mass is 1290 g/mol. The number of aliphatic hydroxyl groups excluding tert-OH is 2. The Labute approximate surface area is 539 Å². The molecule has 0 spiro atoms. The van der Waals surface area contributed by atoms with Gasteiger partial charge in [-0.25, -0.2) is 9.13 Å². The average molecular weight is 1300 g/mol. The molecule has 16 nitrogen and oxygen atoms in total. The van der Waals surface area contributed by atoms with Crippen molar-refractivity contribution in [2.75, 3.05) is 39.6 Å². The Morgan fingerprint density at radius 1 is 0.315 bits per heavy atom. The Kier molecular flexibility index (Phi) is 62.0. The first kappa shape index (κ1) is 85.5. The van der Waals surface area contributed by atoms with Crippen molar-refractivity contribution in [1.29, 1.82) is 0 Å². The van der Waals surface area contributed by atoms with Gasteiger partial charge in [0.15, 0.2) is 6.10 Å². The van der Waals surface area contributed by atoms with Crippen molar-refractivity contribution in [3.8, 4) is 0 Å². The lowest BCUT2D eigenvalue weighted by molar-refractivity contribution is -0.161. The van der Waals surface area contributed by atoms with Crippen LogP contribution in [0.3, 0.4) is 0 Å². The molecule has 0 aliphatic heterocycles. The molecule has 0 radical (unpaired) electrons. The van der Waals surface area contributed by atoms with Gasteiger partial charge >= 0.3 is 33.6 Å². The molecule has 0 bridgehead atoms. The van der Waals surface area contributed by atoms with Gasteiger partial charge in [0.1, 0.15) is 25.4 Å². The summed E-state index contributed by atoms with van der Waals surface area (Å²) in [6.45, 7) is 2.51. The minimum atomic E-state index is -4.93. The van der Waals surface area contributed by atoms with Crippen molar-refractivity contribution in [3.63, 3.8) is 0 Å². The first-order valence-electron chi connectivity index (χ1n) is 34.5. The van der Waals surface area contributed by atoms with Crippen molar-refractivity contribution in [3.05, 3.63) is 97.2 Å². The molecule has 18 heteroatoms. The second-order valence-electron chi connectivity index (χ2n) is 23.0. The number of allylic oxidation sites excluding steroid dienone is 16. The van der Waals surface area contributed by atoms with Crippen molar-refractivity contribution in [1.82, 2.24) is 0 Å². The maximum atomic E-state index is 12.9. The molecule has 5 unspecified atom stereocenters. The Hall–Kier alpha value is -3.53. The molecule has 514 valence electrons. The molecular weight excluding hydrogens is 1170 g/mol. The van der Waals surface area contributed by atoms with Gasteiger partial charge in [-0.2, -0.15) is 0 Å². The lowest BCUT2D eigenvalue weighted by Crippen LogP contribution is -2.30. The summed E-state index contributed by atoms with van der Waals surface area (Å²) in [5.74, 6) is -1.61. The zero-order valence-electron chi connectivity index (χ0n) is 55.6. The summed E-state index contributed by atoms with van der Waals surface area (Å²) >= 11 is 0. The van der Waals surface area contributed by atoms with E-state index in [9.17, 15) is 43.5 Å². The van der Waals surface area contributed by atoms with Crippen molar-refractivity contribution >= 4 is 33.6 Å². The molecule has 0 saturated heterocycles. The van der Waals surface area contributed by atoms with Gasteiger partial charge in [0.2, 0.25) is 0 Å². The maximum absolute atomic E-state index is 12.9. The van der Waals surface area contributed by atoms with Gasteiger partial charge in [0.25, 0.3) is 0 Å². The van der Waals surface area contributed by atoms with Gasteiger partial charge in [0, 0.05) is 19.3 Å². The molecule has 0 aromatic rings. The zero-order chi connectivity index (χ0) is 65.3. The second-order valence-corrected chi connectivity index (χ2v) is 25.9. The van der Waals surface area contributed by atoms with Gasteiger partial charge < -0.3 is 34.2 Å². The smallest absolute Gasteiger partial charge is 0.463 e. The third-order valence-corrected chi connectivity index (χ3v) is 16.1.